The lowest BCUT2D eigenvalue weighted by Crippen LogP contribution is -2.32. The van der Waals surface area contributed by atoms with E-state index in [0.717, 1.165) is 18.5 Å². The number of carbonyl (C=O) groups excluding carboxylic acids is 1. The minimum atomic E-state index is -0.201. The van der Waals surface area contributed by atoms with E-state index >= 15 is 0 Å². The highest BCUT2D eigenvalue weighted by molar-refractivity contribution is 5.76. The number of rotatable bonds is 4. The summed E-state index contributed by atoms with van der Waals surface area (Å²) in [5.41, 5.74) is 3.63. The molecule has 0 saturated carbocycles. The molecule has 114 valence electrons. The van der Waals surface area contributed by atoms with Gasteiger partial charge in [0, 0.05) is 6.54 Å². The first kappa shape index (κ1) is 14.8. The molecule has 1 aliphatic heterocycles. The number of carbonyl (C=O) groups is 1. The van der Waals surface area contributed by atoms with Crippen molar-refractivity contribution in [2.75, 3.05) is 6.54 Å². The summed E-state index contributed by atoms with van der Waals surface area (Å²) < 4.78 is 5.43. The second kappa shape index (κ2) is 6.75. The predicted octanol–water partition coefficient (Wildman–Crippen LogP) is 3.18. The van der Waals surface area contributed by atoms with Crippen LogP contribution < -0.4 is 5.32 Å². The minimum Gasteiger partial charge on any atom is -0.460 e. The zero-order valence-corrected chi connectivity index (χ0v) is 12.8. The molecule has 2 atom stereocenters. The highest BCUT2D eigenvalue weighted by atomic mass is 16.5. The first-order chi connectivity index (χ1) is 10.7. The molecule has 3 rings (SSSR count). The number of aryl methyl sites for hydroxylation is 1. The van der Waals surface area contributed by atoms with Crippen LogP contribution in [-0.2, 0) is 16.1 Å². The quantitative estimate of drug-likeness (QED) is 0.880. The molecule has 0 spiro atoms. The van der Waals surface area contributed by atoms with E-state index < -0.39 is 0 Å². The Kier molecular flexibility index (Phi) is 4.54. The van der Waals surface area contributed by atoms with Gasteiger partial charge in [0.15, 0.2) is 0 Å². The Hall–Kier alpha value is -2.13. The van der Waals surface area contributed by atoms with Gasteiger partial charge >= 0.3 is 5.97 Å². The van der Waals surface area contributed by atoms with Crippen LogP contribution in [-0.4, -0.2) is 18.6 Å². The summed E-state index contributed by atoms with van der Waals surface area (Å²) in [6.07, 6.45) is 0.804. The van der Waals surface area contributed by atoms with Crippen LogP contribution in [0.15, 0.2) is 54.6 Å². The third-order valence-electron chi connectivity index (χ3n) is 4.27. The minimum absolute atomic E-state index is 0.153. The molecular formula is C19H21NO2. The lowest BCUT2D eigenvalue weighted by Gasteiger charge is -2.13. The number of benzene rings is 2. The summed E-state index contributed by atoms with van der Waals surface area (Å²) in [4.78, 5) is 12.2. The summed E-state index contributed by atoms with van der Waals surface area (Å²) in [6.45, 7) is 3.29. The molecule has 1 N–H and O–H groups in total. The summed E-state index contributed by atoms with van der Waals surface area (Å²) >= 11 is 0. The van der Waals surface area contributed by atoms with Crippen molar-refractivity contribution in [3.8, 4) is 0 Å². The van der Waals surface area contributed by atoms with Crippen molar-refractivity contribution in [1.82, 2.24) is 5.32 Å². The predicted molar refractivity (Wildman–Crippen MR) is 86.6 cm³/mol. The van der Waals surface area contributed by atoms with Crippen molar-refractivity contribution < 1.29 is 9.53 Å². The molecule has 1 saturated heterocycles. The lowest BCUT2D eigenvalue weighted by atomic mass is 9.93. The molecule has 0 aliphatic carbocycles. The number of esters is 1. The first-order valence-electron chi connectivity index (χ1n) is 7.73. The second-order valence-electron chi connectivity index (χ2n) is 5.84. The standard InChI is InChI=1S/C19H21NO2/c1-14-7-5-6-10-17(14)16-11-18(20-12-16)19(21)22-13-15-8-3-2-4-9-15/h2-10,16,18,20H,11-13H2,1H3/t16-,18+/m1/s1. The monoisotopic (exact) mass is 295 g/mol. The number of hydrogen-bond donors (Lipinski definition) is 1. The van der Waals surface area contributed by atoms with Crippen molar-refractivity contribution in [2.24, 2.45) is 0 Å². The zero-order chi connectivity index (χ0) is 15.4. The lowest BCUT2D eigenvalue weighted by molar-refractivity contribution is -0.147. The van der Waals surface area contributed by atoms with Gasteiger partial charge in [-0.2, -0.15) is 0 Å². The highest BCUT2D eigenvalue weighted by Gasteiger charge is 2.31. The van der Waals surface area contributed by atoms with Crippen LogP contribution in [0.5, 0.6) is 0 Å². The topological polar surface area (TPSA) is 38.3 Å². The van der Waals surface area contributed by atoms with E-state index in [9.17, 15) is 4.79 Å². The largest absolute Gasteiger partial charge is 0.460 e. The van der Waals surface area contributed by atoms with Crippen LogP contribution >= 0.6 is 0 Å². The third-order valence-corrected chi connectivity index (χ3v) is 4.27. The molecule has 0 radical (unpaired) electrons. The third kappa shape index (κ3) is 3.37. The Labute approximate surface area is 131 Å². The van der Waals surface area contributed by atoms with Crippen molar-refractivity contribution in [3.63, 3.8) is 0 Å². The Bertz CT molecular complexity index is 639. The molecule has 0 aromatic heterocycles. The van der Waals surface area contributed by atoms with Gasteiger partial charge in [0.2, 0.25) is 0 Å². The van der Waals surface area contributed by atoms with E-state index in [0.29, 0.717) is 12.5 Å². The summed E-state index contributed by atoms with van der Waals surface area (Å²) in [6, 6.07) is 18.0. The van der Waals surface area contributed by atoms with Gasteiger partial charge in [-0.1, -0.05) is 54.6 Å². The van der Waals surface area contributed by atoms with E-state index in [2.05, 4.69) is 30.4 Å². The fourth-order valence-corrected chi connectivity index (χ4v) is 3.03. The van der Waals surface area contributed by atoms with Gasteiger partial charge in [-0.25, -0.2) is 0 Å². The summed E-state index contributed by atoms with van der Waals surface area (Å²) in [5.74, 6) is 0.232. The average Bonchev–Trinajstić information content (AvgIpc) is 3.04. The molecule has 2 aromatic carbocycles. The first-order valence-corrected chi connectivity index (χ1v) is 7.73. The van der Waals surface area contributed by atoms with Gasteiger partial charge < -0.3 is 10.1 Å². The Morgan fingerprint density at radius 1 is 1.14 bits per heavy atom. The molecule has 3 heteroatoms. The van der Waals surface area contributed by atoms with Gasteiger partial charge in [-0.15, -0.1) is 0 Å². The molecule has 1 aliphatic rings. The Morgan fingerprint density at radius 3 is 2.64 bits per heavy atom. The van der Waals surface area contributed by atoms with Crippen molar-refractivity contribution in [3.05, 3.63) is 71.3 Å². The molecule has 0 bridgehead atoms. The van der Waals surface area contributed by atoms with E-state index in [1.165, 1.54) is 11.1 Å². The molecular weight excluding hydrogens is 274 g/mol. The summed E-state index contributed by atoms with van der Waals surface area (Å²) in [7, 11) is 0. The molecule has 22 heavy (non-hydrogen) atoms. The van der Waals surface area contributed by atoms with Crippen molar-refractivity contribution in [2.45, 2.75) is 31.9 Å². The molecule has 0 unspecified atom stereocenters. The van der Waals surface area contributed by atoms with Crippen molar-refractivity contribution >= 4 is 5.97 Å². The normalized spacial score (nSPS) is 20.8. The molecule has 2 aromatic rings. The number of nitrogens with one attached hydrogen (secondary N) is 1. The molecule has 3 nitrogen and oxygen atoms in total. The SMILES string of the molecule is Cc1ccccc1[C@H]1CN[C@H](C(=O)OCc2ccccc2)C1. The average molecular weight is 295 g/mol. The molecule has 1 fully saturated rings. The second-order valence-corrected chi connectivity index (χ2v) is 5.84. The smallest absolute Gasteiger partial charge is 0.323 e. The number of hydrogen-bond acceptors (Lipinski definition) is 3. The van der Waals surface area contributed by atoms with Crippen LogP contribution in [0.4, 0.5) is 0 Å². The molecule has 1 heterocycles. The van der Waals surface area contributed by atoms with Crippen LogP contribution in [0.2, 0.25) is 0 Å². The van der Waals surface area contributed by atoms with Gasteiger partial charge in [-0.3, -0.25) is 4.79 Å². The number of ether oxygens (including phenoxy) is 1. The van der Waals surface area contributed by atoms with Crippen LogP contribution in [0, 0.1) is 6.92 Å². The van der Waals surface area contributed by atoms with Gasteiger partial charge in [0.1, 0.15) is 12.6 Å². The maximum absolute atomic E-state index is 12.2. The molecule has 0 amide bonds. The van der Waals surface area contributed by atoms with Crippen LogP contribution in [0.3, 0.4) is 0 Å². The van der Waals surface area contributed by atoms with E-state index in [1.807, 2.05) is 36.4 Å². The Balaban J connectivity index is 1.56. The van der Waals surface area contributed by atoms with E-state index in [1.54, 1.807) is 0 Å². The van der Waals surface area contributed by atoms with Crippen LogP contribution in [0.25, 0.3) is 0 Å². The van der Waals surface area contributed by atoms with Crippen molar-refractivity contribution in [1.29, 1.82) is 0 Å². The summed E-state index contributed by atoms with van der Waals surface area (Å²) in [5, 5.41) is 3.29. The maximum atomic E-state index is 12.2. The van der Waals surface area contributed by atoms with E-state index in [4.69, 9.17) is 4.74 Å². The fourth-order valence-electron chi connectivity index (χ4n) is 3.03. The highest BCUT2D eigenvalue weighted by Crippen LogP contribution is 2.28. The fraction of sp³-hybridized carbons (Fsp3) is 0.316. The van der Waals surface area contributed by atoms with E-state index in [-0.39, 0.29) is 12.0 Å². The van der Waals surface area contributed by atoms with Crippen LogP contribution in [0.1, 0.15) is 29.0 Å². The Morgan fingerprint density at radius 2 is 1.86 bits per heavy atom. The van der Waals surface area contributed by atoms with Gasteiger partial charge in [0.25, 0.3) is 0 Å². The maximum Gasteiger partial charge on any atom is 0.323 e. The van der Waals surface area contributed by atoms with Gasteiger partial charge in [0.05, 0.1) is 0 Å². The van der Waals surface area contributed by atoms with Gasteiger partial charge in [-0.05, 0) is 36.0 Å². The zero-order valence-electron chi connectivity index (χ0n) is 12.8.